The maximum atomic E-state index is 12.5. The van der Waals surface area contributed by atoms with E-state index in [4.69, 9.17) is 0 Å². The zero-order chi connectivity index (χ0) is 17.4. The van der Waals surface area contributed by atoms with Crippen LogP contribution in [0.5, 0.6) is 0 Å². The first-order valence-electron chi connectivity index (χ1n) is 7.30. The summed E-state index contributed by atoms with van der Waals surface area (Å²) in [5.74, 6) is -0.399. The summed E-state index contributed by atoms with van der Waals surface area (Å²) in [6.45, 7) is 5.61. The van der Waals surface area contributed by atoms with E-state index in [-0.39, 0.29) is 11.3 Å². The summed E-state index contributed by atoms with van der Waals surface area (Å²) in [7, 11) is 0. The van der Waals surface area contributed by atoms with Crippen molar-refractivity contribution in [2.24, 2.45) is 0 Å². The van der Waals surface area contributed by atoms with Crippen LogP contribution in [0.25, 0.3) is 10.2 Å². The van der Waals surface area contributed by atoms with E-state index in [0.717, 1.165) is 15.8 Å². The fraction of sp³-hybridized carbons (Fsp3) is 0.176. The Bertz CT molecular complexity index is 940. The minimum atomic E-state index is -0.491. The van der Waals surface area contributed by atoms with Gasteiger partial charge in [-0.05, 0) is 50.1 Å². The van der Waals surface area contributed by atoms with Crippen molar-refractivity contribution in [3.8, 4) is 0 Å². The molecule has 1 N–H and O–H groups in total. The highest BCUT2D eigenvalue weighted by Crippen LogP contribution is 2.29. The van der Waals surface area contributed by atoms with Gasteiger partial charge in [-0.25, -0.2) is 4.98 Å². The van der Waals surface area contributed by atoms with Gasteiger partial charge in [0, 0.05) is 17.2 Å². The van der Waals surface area contributed by atoms with Crippen molar-refractivity contribution in [2.45, 2.75) is 20.8 Å². The Morgan fingerprint density at radius 3 is 2.62 bits per heavy atom. The molecule has 0 aliphatic carbocycles. The van der Waals surface area contributed by atoms with Gasteiger partial charge in [-0.1, -0.05) is 17.4 Å². The topological polar surface area (TPSA) is 85.1 Å². The van der Waals surface area contributed by atoms with Crippen molar-refractivity contribution >= 4 is 38.3 Å². The molecule has 1 amide bonds. The summed E-state index contributed by atoms with van der Waals surface area (Å²) in [6.07, 6.45) is 0. The lowest BCUT2D eigenvalue weighted by Gasteiger charge is -2.05. The molecule has 0 aliphatic rings. The number of carbonyl (C=O) groups is 1. The molecule has 0 bridgehead atoms. The molecule has 3 aromatic rings. The van der Waals surface area contributed by atoms with E-state index in [1.165, 1.54) is 29.0 Å². The third kappa shape index (κ3) is 2.85. The maximum Gasteiger partial charge on any atom is 0.273 e. The van der Waals surface area contributed by atoms with Gasteiger partial charge in [0.25, 0.3) is 11.6 Å². The second-order valence-corrected chi connectivity index (χ2v) is 6.61. The quantitative estimate of drug-likeness (QED) is 0.566. The van der Waals surface area contributed by atoms with Crippen molar-refractivity contribution in [2.75, 3.05) is 5.32 Å². The van der Waals surface area contributed by atoms with Crippen molar-refractivity contribution in [1.82, 2.24) is 4.98 Å². The van der Waals surface area contributed by atoms with Gasteiger partial charge in [0.2, 0.25) is 0 Å². The summed E-state index contributed by atoms with van der Waals surface area (Å²) in [5, 5.41) is 14.2. The first-order chi connectivity index (χ1) is 11.4. The van der Waals surface area contributed by atoms with E-state index in [1.807, 2.05) is 26.0 Å². The van der Waals surface area contributed by atoms with Crippen molar-refractivity contribution < 1.29 is 9.72 Å². The fourth-order valence-corrected chi connectivity index (χ4v) is 3.41. The first-order valence-corrected chi connectivity index (χ1v) is 8.11. The third-order valence-corrected chi connectivity index (χ3v) is 4.90. The monoisotopic (exact) mass is 341 g/mol. The predicted molar refractivity (Wildman–Crippen MR) is 94.9 cm³/mol. The minimum Gasteiger partial charge on any atom is -0.298 e. The number of thiazole rings is 1. The molecular weight excluding hydrogens is 326 g/mol. The number of nitro groups is 1. The second-order valence-electron chi connectivity index (χ2n) is 5.58. The van der Waals surface area contributed by atoms with Gasteiger partial charge >= 0.3 is 0 Å². The summed E-state index contributed by atoms with van der Waals surface area (Å²) >= 11 is 1.38. The Labute approximate surface area is 142 Å². The molecule has 0 saturated heterocycles. The predicted octanol–water partition coefficient (Wildman–Crippen LogP) is 4.38. The van der Waals surface area contributed by atoms with Crippen LogP contribution < -0.4 is 5.32 Å². The summed E-state index contributed by atoms with van der Waals surface area (Å²) in [4.78, 5) is 27.4. The van der Waals surface area contributed by atoms with E-state index in [1.54, 1.807) is 13.0 Å². The van der Waals surface area contributed by atoms with Crippen LogP contribution in [0.2, 0.25) is 0 Å². The normalized spacial score (nSPS) is 10.8. The Morgan fingerprint density at radius 2 is 1.92 bits per heavy atom. The van der Waals surface area contributed by atoms with Crippen LogP contribution in [0.4, 0.5) is 10.8 Å². The van der Waals surface area contributed by atoms with Gasteiger partial charge in [0.1, 0.15) is 0 Å². The number of nitrogens with zero attached hydrogens (tertiary/aromatic N) is 2. The third-order valence-electron chi connectivity index (χ3n) is 3.97. The van der Waals surface area contributed by atoms with Gasteiger partial charge in [-0.15, -0.1) is 0 Å². The molecule has 0 aliphatic heterocycles. The van der Waals surface area contributed by atoms with Crippen LogP contribution in [0.3, 0.4) is 0 Å². The second kappa shape index (κ2) is 6.01. The van der Waals surface area contributed by atoms with Crippen LogP contribution in [0, 0.1) is 30.9 Å². The van der Waals surface area contributed by atoms with Crippen LogP contribution >= 0.6 is 11.3 Å². The number of aryl methyl sites for hydroxylation is 2. The number of benzene rings is 2. The highest BCUT2D eigenvalue weighted by Gasteiger charge is 2.19. The molecule has 2 aromatic carbocycles. The average Bonchev–Trinajstić information content (AvgIpc) is 2.88. The molecule has 122 valence electrons. The first kappa shape index (κ1) is 16.1. The lowest BCUT2D eigenvalue weighted by atomic mass is 10.1. The standard InChI is InChI=1S/C17H15N3O3S/c1-9-7-13-15(8-10(9)2)24-17(18-13)19-16(21)12-5-4-6-14(11(12)3)20(22)23/h4-8H,1-3H3,(H,18,19,21). The molecule has 7 heteroatoms. The molecule has 0 unspecified atom stereocenters. The Balaban J connectivity index is 1.93. The molecule has 0 fully saturated rings. The number of amides is 1. The van der Waals surface area contributed by atoms with Crippen LogP contribution in [-0.4, -0.2) is 15.8 Å². The lowest BCUT2D eigenvalue weighted by molar-refractivity contribution is -0.385. The molecule has 1 heterocycles. The Hall–Kier alpha value is -2.80. The van der Waals surface area contributed by atoms with Gasteiger partial charge in [0.15, 0.2) is 5.13 Å². The van der Waals surface area contributed by atoms with E-state index in [2.05, 4.69) is 10.3 Å². The van der Waals surface area contributed by atoms with E-state index >= 15 is 0 Å². The van der Waals surface area contributed by atoms with Gasteiger partial charge in [0.05, 0.1) is 15.1 Å². The number of hydrogen-bond acceptors (Lipinski definition) is 5. The number of anilines is 1. The lowest BCUT2D eigenvalue weighted by Crippen LogP contribution is -2.13. The molecular formula is C17H15N3O3S. The summed E-state index contributed by atoms with van der Waals surface area (Å²) < 4.78 is 0.990. The van der Waals surface area contributed by atoms with Crippen LogP contribution in [0.1, 0.15) is 27.0 Å². The largest absolute Gasteiger partial charge is 0.298 e. The van der Waals surface area contributed by atoms with E-state index in [9.17, 15) is 14.9 Å². The number of rotatable bonds is 3. The number of nitrogens with one attached hydrogen (secondary N) is 1. The molecule has 0 saturated carbocycles. The molecule has 3 rings (SSSR count). The SMILES string of the molecule is Cc1cc2nc(NC(=O)c3cccc([N+](=O)[O-])c3C)sc2cc1C. The zero-order valence-corrected chi connectivity index (χ0v) is 14.2. The summed E-state index contributed by atoms with van der Waals surface area (Å²) in [6, 6.07) is 8.48. The van der Waals surface area contributed by atoms with Gasteiger partial charge < -0.3 is 0 Å². The number of aromatic nitrogens is 1. The fourth-order valence-electron chi connectivity index (χ4n) is 2.47. The molecule has 0 radical (unpaired) electrons. The average molecular weight is 341 g/mol. The number of nitro benzene ring substituents is 1. The van der Waals surface area contributed by atoms with E-state index < -0.39 is 10.8 Å². The van der Waals surface area contributed by atoms with Gasteiger partial charge in [-0.3, -0.25) is 20.2 Å². The van der Waals surface area contributed by atoms with Crippen LogP contribution in [-0.2, 0) is 0 Å². The van der Waals surface area contributed by atoms with Crippen molar-refractivity contribution in [1.29, 1.82) is 0 Å². The molecule has 1 aromatic heterocycles. The molecule has 24 heavy (non-hydrogen) atoms. The molecule has 6 nitrogen and oxygen atoms in total. The zero-order valence-electron chi connectivity index (χ0n) is 13.4. The van der Waals surface area contributed by atoms with Crippen molar-refractivity contribution in [3.63, 3.8) is 0 Å². The number of hydrogen-bond donors (Lipinski definition) is 1. The van der Waals surface area contributed by atoms with E-state index in [0.29, 0.717) is 10.7 Å². The number of carbonyl (C=O) groups excluding carboxylic acids is 1. The highest BCUT2D eigenvalue weighted by molar-refractivity contribution is 7.22. The Morgan fingerprint density at radius 1 is 1.21 bits per heavy atom. The Kier molecular flexibility index (Phi) is 4.02. The summed E-state index contributed by atoms with van der Waals surface area (Å²) in [5.41, 5.74) is 3.68. The minimum absolute atomic E-state index is 0.0711. The number of fused-ring (bicyclic) bond motifs is 1. The molecule has 0 atom stereocenters. The van der Waals surface area contributed by atoms with Crippen molar-refractivity contribution in [3.05, 3.63) is 62.7 Å². The van der Waals surface area contributed by atoms with Gasteiger partial charge in [-0.2, -0.15) is 0 Å². The maximum absolute atomic E-state index is 12.5. The smallest absolute Gasteiger partial charge is 0.273 e. The van der Waals surface area contributed by atoms with Crippen LogP contribution in [0.15, 0.2) is 30.3 Å². The molecule has 0 spiro atoms. The highest BCUT2D eigenvalue weighted by atomic mass is 32.1.